The van der Waals surface area contributed by atoms with Crippen LogP contribution in [0.2, 0.25) is 0 Å². The molecule has 2 aliphatic heterocycles. The van der Waals surface area contributed by atoms with Crippen molar-refractivity contribution in [1.29, 1.82) is 0 Å². The van der Waals surface area contributed by atoms with Crippen molar-refractivity contribution in [2.24, 2.45) is 5.92 Å². The number of fused-ring (bicyclic) bond motifs is 2. The average molecular weight is 437 g/mol. The maximum Gasteiger partial charge on any atom is 0.231 e. The molecule has 2 aromatic heterocycles. The summed E-state index contributed by atoms with van der Waals surface area (Å²) >= 11 is 1.49. The molecule has 2 N–H and O–H groups in total. The summed E-state index contributed by atoms with van der Waals surface area (Å²) in [6.45, 7) is 3.31. The maximum atomic E-state index is 6.11. The second kappa shape index (κ2) is 8.29. The van der Waals surface area contributed by atoms with Crippen molar-refractivity contribution in [2.45, 2.75) is 35.9 Å². The van der Waals surface area contributed by atoms with Crippen molar-refractivity contribution in [3.63, 3.8) is 0 Å². The Kier molecular flexibility index (Phi) is 5.34. The standard InChI is InChI=1S/C22H24N6O2S/c1-3-15-9-16-17(30-13-29-16)10-18(15)31-22-26-19-20(23)24-12-25-21(19)28(22)8-6-14-5-4-7-27(2)11-14/h1,9-10,12,14H,4-8,11,13H2,2H3,(H2,23,24,25). The quantitative estimate of drug-likeness (QED) is 0.611. The lowest BCUT2D eigenvalue weighted by Crippen LogP contribution is -2.32. The number of hydrogen-bond donors (Lipinski definition) is 1. The summed E-state index contributed by atoms with van der Waals surface area (Å²) < 4.78 is 13.1. The molecule has 0 bridgehead atoms. The number of imidazole rings is 1. The number of piperidine rings is 1. The smallest absolute Gasteiger partial charge is 0.231 e. The fourth-order valence-corrected chi connectivity index (χ4v) is 5.27. The van der Waals surface area contributed by atoms with Gasteiger partial charge in [0.15, 0.2) is 33.6 Å². The van der Waals surface area contributed by atoms with Crippen LogP contribution in [0.25, 0.3) is 11.2 Å². The Bertz CT molecular complexity index is 1170. The molecule has 9 heteroatoms. The number of nitrogens with zero attached hydrogens (tertiary/aromatic N) is 5. The van der Waals surface area contributed by atoms with Crippen molar-refractivity contribution in [3.05, 3.63) is 24.0 Å². The van der Waals surface area contributed by atoms with Gasteiger partial charge in [-0.2, -0.15) is 0 Å². The number of anilines is 1. The van der Waals surface area contributed by atoms with Crippen LogP contribution in [-0.2, 0) is 6.54 Å². The predicted octanol–water partition coefficient (Wildman–Crippen LogP) is 3.00. The zero-order chi connectivity index (χ0) is 21.4. The molecule has 160 valence electrons. The number of nitrogen functional groups attached to an aromatic ring is 1. The molecular formula is C22H24N6O2S. The van der Waals surface area contributed by atoms with Crippen LogP contribution in [0.15, 0.2) is 28.5 Å². The number of ether oxygens (including phenoxy) is 2. The Morgan fingerprint density at radius 1 is 1.29 bits per heavy atom. The minimum Gasteiger partial charge on any atom is -0.454 e. The highest BCUT2D eigenvalue weighted by atomic mass is 32.2. The van der Waals surface area contributed by atoms with E-state index in [1.165, 1.54) is 37.5 Å². The van der Waals surface area contributed by atoms with E-state index >= 15 is 0 Å². The van der Waals surface area contributed by atoms with Crippen molar-refractivity contribution in [2.75, 3.05) is 32.7 Å². The van der Waals surface area contributed by atoms with Crippen LogP contribution in [0, 0.1) is 18.3 Å². The Morgan fingerprint density at radius 3 is 2.94 bits per heavy atom. The average Bonchev–Trinajstić information content (AvgIpc) is 3.36. The number of terminal acetylenes is 1. The van der Waals surface area contributed by atoms with Crippen molar-refractivity contribution in [1.82, 2.24) is 24.4 Å². The molecule has 0 saturated carbocycles. The molecule has 3 aromatic rings. The highest BCUT2D eigenvalue weighted by Gasteiger charge is 2.22. The summed E-state index contributed by atoms with van der Waals surface area (Å²) in [5, 5.41) is 0.793. The van der Waals surface area contributed by atoms with Crippen molar-refractivity contribution < 1.29 is 9.47 Å². The first-order valence-corrected chi connectivity index (χ1v) is 11.2. The lowest BCUT2D eigenvalue weighted by molar-refractivity contribution is 0.174. The van der Waals surface area contributed by atoms with E-state index in [1.54, 1.807) is 0 Å². The zero-order valence-corrected chi connectivity index (χ0v) is 18.2. The van der Waals surface area contributed by atoms with Crippen molar-refractivity contribution in [3.8, 4) is 23.8 Å². The summed E-state index contributed by atoms with van der Waals surface area (Å²) in [7, 11) is 2.19. The van der Waals surface area contributed by atoms with Gasteiger partial charge in [-0.1, -0.05) is 17.7 Å². The molecule has 0 aliphatic carbocycles. The molecule has 4 heterocycles. The van der Waals surface area contributed by atoms with Crippen molar-refractivity contribution >= 4 is 28.7 Å². The third kappa shape index (κ3) is 3.89. The van der Waals surface area contributed by atoms with E-state index in [0.717, 1.165) is 40.8 Å². The third-order valence-electron chi connectivity index (χ3n) is 5.84. The van der Waals surface area contributed by atoms with Gasteiger partial charge in [-0.25, -0.2) is 15.0 Å². The minimum absolute atomic E-state index is 0.202. The number of nitrogens with two attached hydrogens (primary N) is 1. The molecule has 1 unspecified atom stereocenters. The number of aryl methyl sites for hydroxylation is 1. The molecule has 5 rings (SSSR count). The third-order valence-corrected chi connectivity index (χ3v) is 6.89. The first-order chi connectivity index (χ1) is 15.1. The number of aromatic nitrogens is 4. The minimum atomic E-state index is 0.202. The maximum absolute atomic E-state index is 6.11. The number of likely N-dealkylation sites (tertiary alicyclic amines) is 1. The van der Waals surface area contributed by atoms with Crippen LogP contribution in [-0.4, -0.2) is 51.3 Å². The van der Waals surface area contributed by atoms with Crippen LogP contribution >= 0.6 is 11.8 Å². The van der Waals surface area contributed by atoms with E-state index in [2.05, 4.69) is 32.4 Å². The van der Waals surface area contributed by atoms with Gasteiger partial charge in [0.1, 0.15) is 6.33 Å². The van der Waals surface area contributed by atoms with E-state index < -0.39 is 0 Å². The summed E-state index contributed by atoms with van der Waals surface area (Å²) in [5.74, 6) is 5.14. The number of hydrogen-bond acceptors (Lipinski definition) is 8. The largest absolute Gasteiger partial charge is 0.454 e. The first kappa shape index (κ1) is 20.0. The highest BCUT2D eigenvalue weighted by Crippen LogP contribution is 2.41. The molecule has 0 spiro atoms. The fraction of sp³-hybridized carbons (Fsp3) is 0.409. The first-order valence-electron chi connectivity index (χ1n) is 10.4. The second-order valence-corrected chi connectivity index (χ2v) is 8.99. The van der Waals surface area contributed by atoms with E-state index in [9.17, 15) is 0 Å². The highest BCUT2D eigenvalue weighted by molar-refractivity contribution is 7.99. The molecule has 1 aromatic carbocycles. The van der Waals surface area contributed by atoms with E-state index in [1.807, 2.05) is 12.1 Å². The van der Waals surface area contributed by atoms with Gasteiger partial charge in [0.25, 0.3) is 0 Å². The van der Waals surface area contributed by atoms with Gasteiger partial charge in [0.05, 0.1) is 0 Å². The predicted molar refractivity (Wildman–Crippen MR) is 119 cm³/mol. The summed E-state index contributed by atoms with van der Waals surface area (Å²) in [6.07, 6.45) is 10.8. The molecule has 2 aliphatic rings. The Labute approximate surface area is 185 Å². The summed E-state index contributed by atoms with van der Waals surface area (Å²) in [5.41, 5.74) is 8.22. The zero-order valence-electron chi connectivity index (χ0n) is 17.4. The molecule has 31 heavy (non-hydrogen) atoms. The van der Waals surface area contributed by atoms with E-state index in [0.29, 0.717) is 28.8 Å². The van der Waals surface area contributed by atoms with Gasteiger partial charge in [-0.3, -0.25) is 0 Å². The second-order valence-electron chi connectivity index (χ2n) is 7.98. The molecule has 0 amide bonds. The van der Waals surface area contributed by atoms with E-state index in [4.69, 9.17) is 26.6 Å². The lowest BCUT2D eigenvalue weighted by Gasteiger charge is -2.29. The Balaban J connectivity index is 1.49. The van der Waals surface area contributed by atoms with Gasteiger partial charge in [0.2, 0.25) is 6.79 Å². The monoisotopic (exact) mass is 436 g/mol. The summed E-state index contributed by atoms with van der Waals surface area (Å²) in [6, 6.07) is 3.75. The molecule has 1 saturated heterocycles. The normalized spacial score (nSPS) is 18.4. The van der Waals surface area contributed by atoms with E-state index in [-0.39, 0.29) is 6.79 Å². The molecule has 8 nitrogen and oxygen atoms in total. The Morgan fingerprint density at radius 2 is 2.13 bits per heavy atom. The van der Waals surface area contributed by atoms with Gasteiger partial charge < -0.3 is 24.7 Å². The van der Waals surface area contributed by atoms with Gasteiger partial charge in [-0.15, -0.1) is 6.42 Å². The SMILES string of the molecule is C#Cc1cc2c(cc1Sc1nc3c(N)ncnc3n1CCC1CCCN(C)C1)OCO2. The van der Waals surface area contributed by atoms with Crippen LogP contribution in [0.5, 0.6) is 11.5 Å². The molecule has 1 atom stereocenters. The van der Waals surface area contributed by atoms with Gasteiger partial charge >= 0.3 is 0 Å². The lowest BCUT2D eigenvalue weighted by atomic mass is 9.95. The Hall–Kier alpha value is -2.96. The summed E-state index contributed by atoms with van der Waals surface area (Å²) in [4.78, 5) is 16.7. The molecule has 0 radical (unpaired) electrons. The topological polar surface area (TPSA) is 91.3 Å². The van der Waals surface area contributed by atoms with Crippen LogP contribution in [0.3, 0.4) is 0 Å². The van der Waals surface area contributed by atoms with Crippen LogP contribution in [0.1, 0.15) is 24.8 Å². The van der Waals surface area contributed by atoms with Crippen LogP contribution in [0.4, 0.5) is 5.82 Å². The van der Waals surface area contributed by atoms with Crippen LogP contribution < -0.4 is 15.2 Å². The van der Waals surface area contributed by atoms with Gasteiger partial charge in [0, 0.05) is 29.6 Å². The number of rotatable bonds is 5. The number of benzene rings is 1. The molecular weight excluding hydrogens is 412 g/mol. The fourth-order valence-electron chi connectivity index (χ4n) is 4.25. The molecule has 1 fully saturated rings. The van der Waals surface area contributed by atoms with Gasteiger partial charge in [-0.05, 0) is 44.8 Å².